The molecule has 102 valence electrons. The maximum absolute atomic E-state index is 10.4. The van der Waals surface area contributed by atoms with E-state index in [-0.39, 0.29) is 0 Å². The molecule has 0 atom stereocenters. The first kappa shape index (κ1) is 12.7. The average molecular weight is 257 g/mol. The lowest BCUT2D eigenvalue weighted by Gasteiger charge is -2.27. The van der Waals surface area contributed by atoms with Gasteiger partial charge in [-0.1, -0.05) is 37.5 Å². The minimum atomic E-state index is -0.787. The summed E-state index contributed by atoms with van der Waals surface area (Å²) in [7, 11) is 0. The van der Waals surface area contributed by atoms with Crippen LogP contribution >= 0.6 is 0 Å². The second kappa shape index (κ2) is 4.68. The van der Waals surface area contributed by atoms with Crippen LogP contribution in [0.2, 0.25) is 0 Å². The third-order valence-corrected chi connectivity index (χ3v) is 4.37. The van der Waals surface area contributed by atoms with Crippen LogP contribution in [0.15, 0.2) is 30.5 Å². The second-order valence-electron chi connectivity index (χ2n) is 6.32. The maximum Gasteiger partial charge on any atom is 0.0860 e. The number of aliphatic hydroxyl groups is 1. The predicted octanol–water partition coefficient (Wildman–Crippen LogP) is 4.37. The first-order valence-electron chi connectivity index (χ1n) is 7.40. The van der Waals surface area contributed by atoms with E-state index in [0.29, 0.717) is 6.04 Å². The van der Waals surface area contributed by atoms with E-state index >= 15 is 0 Å². The highest BCUT2D eigenvalue weighted by molar-refractivity contribution is 5.84. The van der Waals surface area contributed by atoms with Crippen LogP contribution in [0, 0.1) is 0 Å². The zero-order valence-electron chi connectivity index (χ0n) is 11.9. The van der Waals surface area contributed by atoms with Gasteiger partial charge in [0.1, 0.15) is 0 Å². The molecule has 3 rings (SSSR count). The average Bonchev–Trinajstić information content (AvgIpc) is 2.82. The highest BCUT2D eigenvalue weighted by atomic mass is 16.3. The molecule has 2 heteroatoms. The van der Waals surface area contributed by atoms with Crippen molar-refractivity contribution in [1.82, 2.24) is 4.57 Å². The highest BCUT2D eigenvalue weighted by Gasteiger charge is 2.23. The molecule has 0 spiro atoms. The van der Waals surface area contributed by atoms with Crippen LogP contribution in [0.1, 0.15) is 57.6 Å². The zero-order valence-corrected chi connectivity index (χ0v) is 11.9. The van der Waals surface area contributed by atoms with Gasteiger partial charge >= 0.3 is 0 Å². The largest absolute Gasteiger partial charge is 0.386 e. The van der Waals surface area contributed by atoms with Gasteiger partial charge in [0.05, 0.1) is 11.1 Å². The van der Waals surface area contributed by atoms with E-state index in [1.165, 1.54) is 43.0 Å². The van der Waals surface area contributed by atoms with E-state index < -0.39 is 5.60 Å². The fraction of sp³-hybridized carbons (Fsp3) is 0.529. The zero-order chi connectivity index (χ0) is 13.5. The monoisotopic (exact) mass is 257 g/mol. The number of hydrogen-bond acceptors (Lipinski definition) is 1. The van der Waals surface area contributed by atoms with Crippen LogP contribution < -0.4 is 0 Å². The van der Waals surface area contributed by atoms with Gasteiger partial charge in [-0.3, -0.25) is 0 Å². The summed E-state index contributed by atoms with van der Waals surface area (Å²) in [5.41, 5.74) is 1.48. The summed E-state index contributed by atoms with van der Waals surface area (Å²) in [6.45, 7) is 3.75. The normalized spacial score (nSPS) is 18.1. The molecule has 0 amide bonds. The van der Waals surface area contributed by atoms with Crippen molar-refractivity contribution in [2.75, 3.05) is 0 Å². The smallest absolute Gasteiger partial charge is 0.0860 e. The van der Waals surface area contributed by atoms with Crippen LogP contribution in [-0.4, -0.2) is 9.67 Å². The van der Waals surface area contributed by atoms with Gasteiger partial charge < -0.3 is 9.67 Å². The number of fused-ring (bicyclic) bond motifs is 1. The minimum absolute atomic E-state index is 0.606. The molecule has 0 radical (unpaired) electrons. The molecule has 1 aromatic carbocycles. The van der Waals surface area contributed by atoms with Crippen molar-refractivity contribution in [3.05, 3.63) is 36.0 Å². The fourth-order valence-electron chi connectivity index (χ4n) is 3.38. The van der Waals surface area contributed by atoms with Gasteiger partial charge in [-0.05, 0) is 38.1 Å². The number of nitrogens with zero attached hydrogens (tertiary/aromatic N) is 1. The third-order valence-electron chi connectivity index (χ3n) is 4.37. The molecule has 0 aliphatic heterocycles. The van der Waals surface area contributed by atoms with Gasteiger partial charge in [0.15, 0.2) is 0 Å². The number of para-hydroxylation sites is 1. The Morgan fingerprint density at radius 2 is 1.84 bits per heavy atom. The maximum atomic E-state index is 10.4. The van der Waals surface area contributed by atoms with Crippen molar-refractivity contribution >= 4 is 10.9 Å². The van der Waals surface area contributed by atoms with Gasteiger partial charge in [-0.25, -0.2) is 0 Å². The van der Waals surface area contributed by atoms with E-state index in [2.05, 4.69) is 29.0 Å². The highest BCUT2D eigenvalue weighted by Crippen LogP contribution is 2.35. The summed E-state index contributed by atoms with van der Waals surface area (Å²) in [4.78, 5) is 0. The lowest BCUT2D eigenvalue weighted by molar-refractivity contribution is 0.0797. The Morgan fingerprint density at radius 1 is 1.11 bits per heavy atom. The van der Waals surface area contributed by atoms with Gasteiger partial charge in [-0.2, -0.15) is 0 Å². The third kappa shape index (κ3) is 2.30. The van der Waals surface area contributed by atoms with E-state index in [9.17, 15) is 5.11 Å². The standard InChI is InChI=1S/C17H23NO/c1-17(2,19)15-10-6-7-13-11-12-18(16(13)15)14-8-4-3-5-9-14/h6-7,10-12,14,19H,3-5,8-9H2,1-2H3. The fourth-order valence-corrected chi connectivity index (χ4v) is 3.38. The summed E-state index contributed by atoms with van der Waals surface area (Å²) >= 11 is 0. The van der Waals surface area contributed by atoms with Crippen molar-refractivity contribution < 1.29 is 5.11 Å². The van der Waals surface area contributed by atoms with E-state index in [4.69, 9.17) is 0 Å². The molecule has 1 aromatic heterocycles. The van der Waals surface area contributed by atoms with Crippen molar-refractivity contribution in [2.24, 2.45) is 0 Å². The Morgan fingerprint density at radius 3 is 2.53 bits per heavy atom. The summed E-state index contributed by atoms with van der Waals surface area (Å²) < 4.78 is 2.40. The Kier molecular flexibility index (Phi) is 3.14. The van der Waals surface area contributed by atoms with Crippen LogP contribution in [-0.2, 0) is 5.60 Å². The lowest BCUT2D eigenvalue weighted by atomic mass is 9.93. The molecule has 0 unspecified atom stereocenters. The molecule has 0 saturated heterocycles. The van der Waals surface area contributed by atoms with Gasteiger partial charge in [0, 0.05) is 17.8 Å². The molecular weight excluding hydrogens is 234 g/mol. The van der Waals surface area contributed by atoms with Crippen molar-refractivity contribution in [3.8, 4) is 0 Å². The first-order chi connectivity index (χ1) is 9.07. The quantitative estimate of drug-likeness (QED) is 0.849. The Balaban J connectivity index is 2.15. The number of aromatic nitrogens is 1. The molecular formula is C17H23NO. The van der Waals surface area contributed by atoms with Gasteiger partial charge in [0.25, 0.3) is 0 Å². The van der Waals surface area contributed by atoms with Crippen molar-refractivity contribution in [1.29, 1.82) is 0 Å². The SMILES string of the molecule is CC(C)(O)c1cccc2ccn(C3CCCCC3)c12. The predicted molar refractivity (Wildman–Crippen MR) is 79.3 cm³/mol. The van der Waals surface area contributed by atoms with E-state index in [0.717, 1.165) is 5.56 Å². The van der Waals surface area contributed by atoms with Crippen LogP contribution in [0.25, 0.3) is 10.9 Å². The topological polar surface area (TPSA) is 25.2 Å². The molecule has 1 saturated carbocycles. The second-order valence-corrected chi connectivity index (χ2v) is 6.32. The Hall–Kier alpha value is -1.28. The minimum Gasteiger partial charge on any atom is -0.386 e. The first-order valence-corrected chi connectivity index (χ1v) is 7.40. The molecule has 1 N–H and O–H groups in total. The molecule has 19 heavy (non-hydrogen) atoms. The summed E-state index contributed by atoms with van der Waals surface area (Å²) in [6.07, 6.45) is 8.77. The van der Waals surface area contributed by atoms with Gasteiger partial charge in [-0.15, -0.1) is 0 Å². The summed E-state index contributed by atoms with van der Waals surface area (Å²) in [6, 6.07) is 9.03. The summed E-state index contributed by atoms with van der Waals surface area (Å²) in [5.74, 6) is 0. The molecule has 1 fully saturated rings. The van der Waals surface area contributed by atoms with Gasteiger partial charge in [0.2, 0.25) is 0 Å². The molecule has 2 nitrogen and oxygen atoms in total. The Labute approximate surface area is 115 Å². The number of rotatable bonds is 2. The van der Waals surface area contributed by atoms with Crippen molar-refractivity contribution in [3.63, 3.8) is 0 Å². The molecule has 2 aromatic rings. The molecule has 1 aliphatic rings. The number of hydrogen-bond donors (Lipinski definition) is 1. The Bertz CT molecular complexity index is 570. The van der Waals surface area contributed by atoms with E-state index in [1.807, 2.05) is 19.9 Å². The van der Waals surface area contributed by atoms with Crippen LogP contribution in [0.5, 0.6) is 0 Å². The molecule has 1 heterocycles. The van der Waals surface area contributed by atoms with E-state index in [1.54, 1.807) is 0 Å². The van der Waals surface area contributed by atoms with Crippen LogP contribution in [0.3, 0.4) is 0 Å². The summed E-state index contributed by atoms with van der Waals surface area (Å²) in [5, 5.41) is 11.7. The van der Waals surface area contributed by atoms with Crippen molar-refractivity contribution in [2.45, 2.75) is 57.6 Å². The lowest BCUT2D eigenvalue weighted by Crippen LogP contribution is -2.19. The number of benzene rings is 1. The molecule has 1 aliphatic carbocycles. The molecule has 0 bridgehead atoms. The van der Waals surface area contributed by atoms with Crippen LogP contribution in [0.4, 0.5) is 0 Å².